The van der Waals surface area contributed by atoms with Crippen molar-refractivity contribution in [3.05, 3.63) is 152 Å². The Kier molecular flexibility index (Phi) is 28.1. The van der Waals surface area contributed by atoms with Crippen molar-refractivity contribution in [2.45, 2.75) is 220 Å². The molecular weight excluding hydrogens is 1780 g/mol. The highest BCUT2D eigenvalue weighted by Crippen LogP contribution is 2.71. The molecule has 6 fully saturated rings. The fraction of sp³-hybridized carbons (Fsp3) is 0.630. The monoisotopic (exact) mass is 1920 g/mol. The predicted octanol–water partition coefficient (Wildman–Crippen LogP) is 10.5. The molecule has 12 aliphatic rings. The number of hydrogen-bond acceptors (Lipinski definition) is 28. The fourth-order valence-electron chi connectivity index (χ4n) is 28.2. The van der Waals surface area contributed by atoms with Crippen LogP contribution in [0.3, 0.4) is 0 Å². The number of methoxy groups -OCH3 is 4. The standard InChI is InChI=1S/C51H70N5O11P.C43H53N7O7.C6H16NO3P/c1-9-47(60)28-33-29-50(46(59)64-8,41-35(18-23-55(30-33)31-47)34-16-13-14-17-38(34)53-41)37-26-36-39(27-40(37)63-7)54(6)43-49(36)20-24-56-22-15-19-48(10-2,42(49)56)44(67-32(5)57)51(43,61)45(58)52-21-25-68(62,65-11-3)66-12-4;1-6-39(54)21-25-22-42(38(53)57-5,33-27(13-17-49(23-25)24-39)26-11-8-9-12-30(26)45-33)29-19-28-31(20-32(29)56-4)48(3)35-41(28)15-18-50-16-10-14-40(7-2,34(41)50)36(51)43(35,55)37(52)46-47-44;1-3-9-11(8,6-5-7)10-4-2/h13-17,19,26-27,33,42-44,53,60-61H,9-12,18,20-25,28-31H2,1-8H3,(H,52,58);8-12,14,19-20,25,34-36,45,51,54-55H,6-7,13,15-18,21-24H2,1-5H3;3-7H2,1-2H3/t33-,42-,43+,44+,47-,48+,49+,50-,51-;25-,34-,35+,36+,39-,40+,41+,42-,43-;/m00./s1. The highest BCUT2D eigenvalue weighted by atomic mass is 31.2. The van der Waals surface area contributed by atoms with Gasteiger partial charge in [-0.2, -0.15) is 0 Å². The van der Waals surface area contributed by atoms with Crippen molar-refractivity contribution in [1.82, 2.24) is 34.9 Å². The van der Waals surface area contributed by atoms with Crippen LogP contribution in [0.15, 0.2) is 102 Å². The molecular formula is C100H139N13O21P2. The molecule has 2 amide bonds. The van der Waals surface area contributed by atoms with E-state index >= 15 is 14.4 Å². The van der Waals surface area contributed by atoms with E-state index < -0.39 is 124 Å². The maximum atomic E-state index is 15.5. The Balaban J connectivity index is 0.000000179. The summed E-state index contributed by atoms with van der Waals surface area (Å²) in [6.45, 7) is 23.9. The maximum Gasteiger partial charge on any atom is 0.332 e. The van der Waals surface area contributed by atoms with Gasteiger partial charge in [0, 0.05) is 193 Å². The molecule has 136 heavy (non-hydrogen) atoms. The number of aromatic amines is 2. The number of amides is 2. The lowest BCUT2D eigenvalue weighted by molar-refractivity contribution is -0.217. The molecule has 6 aromatic rings. The van der Waals surface area contributed by atoms with E-state index in [2.05, 4.69) is 69.2 Å². The Hall–Kier alpha value is -8.60. The Labute approximate surface area is 796 Å². The third-order valence-electron chi connectivity index (χ3n) is 33.1. The smallest absolute Gasteiger partial charge is 0.332 e. The number of aromatic nitrogens is 2. The minimum Gasteiger partial charge on any atom is -0.496 e. The van der Waals surface area contributed by atoms with Crippen molar-refractivity contribution < 1.29 is 100 Å². The summed E-state index contributed by atoms with van der Waals surface area (Å²) < 4.78 is 77.1. The topological polar surface area (TPSA) is 442 Å². The van der Waals surface area contributed by atoms with Gasteiger partial charge in [0.2, 0.25) is 5.60 Å². The Morgan fingerprint density at radius 2 is 1.01 bits per heavy atom. The highest BCUT2D eigenvalue weighted by Gasteiger charge is 2.82. The normalized spacial score (nSPS) is 33.8. The van der Waals surface area contributed by atoms with Crippen molar-refractivity contribution in [3.8, 4) is 11.5 Å². The van der Waals surface area contributed by atoms with Crippen LogP contribution in [0.2, 0.25) is 0 Å². The number of H-pyrrole nitrogens is 2. The number of nitrogens with one attached hydrogen (secondary N) is 3. The number of azide groups is 1. The average molecular weight is 1920 g/mol. The van der Waals surface area contributed by atoms with Gasteiger partial charge in [0.05, 0.1) is 90.5 Å². The fourth-order valence-corrected chi connectivity index (χ4v) is 31.2. The molecule has 20 atom stereocenters. The van der Waals surface area contributed by atoms with Crippen LogP contribution in [0.4, 0.5) is 11.4 Å². The third-order valence-corrected chi connectivity index (χ3v) is 37.3. The summed E-state index contributed by atoms with van der Waals surface area (Å²) in [5, 5.41) is 71.6. The van der Waals surface area contributed by atoms with Crippen molar-refractivity contribution in [3.63, 3.8) is 0 Å². The number of anilines is 2. The third kappa shape index (κ3) is 15.5. The predicted molar refractivity (Wildman–Crippen MR) is 515 cm³/mol. The Bertz CT molecular complexity index is 5760. The van der Waals surface area contributed by atoms with Crippen LogP contribution >= 0.6 is 15.2 Å². The summed E-state index contributed by atoms with van der Waals surface area (Å²) in [4.78, 5) is 97.0. The quantitative estimate of drug-likeness (QED) is 0.00463. The summed E-state index contributed by atoms with van der Waals surface area (Å²) in [6.07, 6.45) is 11.1. The van der Waals surface area contributed by atoms with E-state index in [4.69, 9.17) is 47.5 Å². The van der Waals surface area contributed by atoms with E-state index in [-0.39, 0.29) is 49.8 Å². The molecule has 2 aromatic heterocycles. The number of hydrogen-bond donors (Lipinski definition) is 9. The number of carbonyl (C=O) groups is 5. The van der Waals surface area contributed by atoms with Crippen molar-refractivity contribution in [2.24, 2.45) is 33.5 Å². The van der Waals surface area contributed by atoms with Crippen LogP contribution in [0, 0.1) is 22.7 Å². The number of nitrogens with two attached hydrogens (primary N) is 1. The number of aliphatic hydroxyl groups is 5. The Morgan fingerprint density at radius 1 is 0.574 bits per heavy atom. The minimum absolute atomic E-state index is 0.110. The lowest BCUT2D eigenvalue weighted by atomic mass is 9.47. The second kappa shape index (κ2) is 38.1. The van der Waals surface area contributed by atoms with Crippen LogP contribution in [-0.4, -0.2) is 303 Å². The highest BCUT2D eigenvalue weighted by molar-refractivity contribution is 7.54. The lowest BCUT2D eigenvalue weighted by Gasteiger charge is -2.63. The van der Waals surface area contributed by atoms with Gasteiger partial charge < -0.3 is 98.1 Å². The summed E-state index contributed by atoms with van der Waals surface area (Å²) in [7, 11) is 3.22. The summed E-state index contributed by atoms with van der Waals surface area (Å²) in [6, 6.07) is 21.4. The first kappa shape index (κ1) is 100. The minimum atomic E-state index is -3.60. The number of ether oxygens (including phenoxy) is 5. The molecule has 740 valence electrons. The van der Waals surface area contributed by atoms with E-state index in [1.54, 1.807) is 49.0 Å². The average Bonchev–Trinajstić information content (AvgIpc) is 1.47. The maximum absolute atomic E-state index is 15.5. The number of esters is 3. The first-order chi connectivity index (χ1) is 65.0. The zero-order valence-corrected chi connectivity index (χ0v) is 83.1. The van der Waals surface area contributed by atoms with Gasteiger partial charge in [-0.25, -0.2) is 0 Å². The molecule has 34 nitrogen and oxygen atoms in total. The molecule has 36 heteroatoms. The van der Waals surface area contributed by atoms with Gasteiger partial charge >= 0.3 is 33.1 Å². The zero-order chi connectivity index (χ0) is 97.6. The van der Waals surface area contributed by atoms with E-state index in [0.717, 1.165) is 55.4 Å². The summed E-state index contributed by atoms with van der Waals surface area (Å²) >= 11 is 0. The first-order valence-corrected chi connectivity index (χ1v) is 52.1. The largest absolute Gasteiger partial charge is 0.496 e. The van der Waals surface area contributed by atoms with Crippen LogP contribution < -0.4 is 30.3 Å². The molecule has 2 spiro atoms. The second-order valence-electron chi connectivity index (χ2n) is 39.7. The van der Waals surface area contributed by atoms with Gasteiger partial charge in [-0.1, -0.05) is 88.4 Å². The Morgan fingerprint density at radius 3 is 1.42 bits per heavy atom. The number of likely N-dealkylation sites (N-methyl/N-ethyl adjacent to an activating group) is 2. The van der Waals surface area contributed by atoms with E-state index in [1.165, 1.54) is 21.1 Å². The SMILES string of the molecule is CCOP(=O)(CCN)OCC.CCOP(=O)(CCNC(=O)[C@@]1(O)[C@H](OC(C)=O)[C@]2(CC)C=CCN3CC[C@@]4(c5cc([C@@]6(C(=O)OC)C[C@H]7CN(CCc8c6[nH]c6ccccc86)C[C@](O)(CC)C7)c(OC)cc5N(C)[C@@H]14)[C@@H]32)OCC.CC[C@]1(O)C[C@@H]2CN(CCc3c([nH]c4ccccc34)[C@@](C(=O)OC)(c3cc4c(cc3OC)N(C)[C@H]3[C@@](O)(C(=O)N=[N+]=[N-])[C@H](O)[C@]5(CC)C=CCN6CC[C@]43[C@@H]65)C2)C1. The van der Waals surface area contributed by atoms with E-state index in [9.17, 15) is 49.8 Å². The number of nitrogens with zero attached hydrogens (tertiary/aromatic N) is 9. The molecule has 18 rings (SSSR count). The van der Waals surface area contributed by atoms with Crippen LogP contribution in [0.25, 0.3) is 32.2 Å². The van der Waals surface area contributed by atoms with Crippen LogP contribution in [0.1, 0.15) is 171 Å². The zero-order valence-electron chi connectivity index (χ0n) is 81.3. The van der Waals surface area contributed by atoms with Crippen molar-refractivity contribution >= 4 is 78.1 Å². The molecule has 2 unspecified atom stereocenters. The van der Waals surface area contributed by atoms with Crippen molar-refractivity contribution in [1.29, 1.82) is 0 Å². The number of para-hydroxylation sites is 2. The number of benzene rings is 4. The van der Waals surface area contributed by atoms with Gasteiger partial charge in [0.1, 0.15) is 28.4 Å². The number of carbonyl (C=O) groups excluding carboxylic acids is 5. The van der Waals surface area contributed by atoms with Crippen molar-refractivity contribution in [2.75, 3.05) is 170 Å². The van der Waals surface area contributed by atoms with E-state index in [0.29, 0.717) is 202 Å². The lowest BCUT2D eigenvalue weighted by Crippen LogP contribution is -2.82. The molecule has 10 N–H and O–H groups in total. The number of aliphatic hydroxyl groups excluding tert-OH is 1. The summed E-state index contributed by atoms with van der Waals surface area (Å²) in [5.41, 5.74) is 10.4. The molecule has 4 bridgehead atoms. The summed E-state index contributed by atoms with van der Waals surface area (Å²) in [5.74, 6) is -2.88. The molecule has 12 heterocycles. The van der Waals surface area contributed by atoms with Gasteiger partial charge in [0.15, 0.2) is 11.7 Å². The molecule has 10 aliphatic heterocycles. The van der Waals surface area contributed by atoms with E-state index in [1.807, 2.05) is 117 Å². The first-order valence-electron chi connectivity index (χ1n) is 48.7. The molecule has 2 saturated carbocycles. The molecule has 4 aromatic carbocycles. The number of piperidine rings is 2. The van der Waals surface area contributed by atoms with Gasteiger partial charge in [-0.3, -0.25) is 52.7 Å². The van der Waals surface area contributed by atoms with Crippen LogP contribution in [0.5, 0.6) is 11.5 Å². The molecule has 0 radical (unpaired) electrons. The van der Waals surface area contributed by atoms with Crippen LogP contribution in [-0.2, 0) is 99.9 Å². The van der Waals surface area contributed by atoms with Gasteiger partial charge in [0.25, 0.3) is 11.8 Å². The second-order valence-corrected chi connectivity index (χ2v) is 44.1. The molecule has 2 aliphatic carbocycles. The van der Waals surface area contributed by atoms with Gasteiger partial charge in [-0.15, -0.1) is 0 Å². The number of rotatable bonds is 26. The van der Waals surface area contributed by atoms with Gasteiger partial charge in [-0.05, 0) is 187 Å². The molecule has 4 saturated heterocycles. The number of fused-ring (bicyclic) bond motifs is 12.